The highest BCUT2D eigenvalue weighted by atomic mass is 127. The van der Waals surface area contributed by atoms with E-state index in [0.717, 1.165) is 9.13 Å². The lowest BCUT2D eigenvalue weighted by atomic mass is 10.1. The maximum absolute atomic E-state index is 12.1. The summed E-state index contributed by atoms with van der Waals surface area (Å²) in [5.74, 6) is 0.474. The van der Waals surface area contributed by atoms with Crippen LogP contribution in [0, 0.1) is 3.57 Å². The van der Waals surface area contributed by atoms with Crippen LogP contribution in [0.3, 0.4) is 0 Å². The molecule has 0 saturated carbocycles. The Balaban J connectivity index is 1.53. The minimum Gasteiger partial charge on any atom is -0.486 e. The van der Waals surface area contributed by atoms with Gasteiger partial charge in [0.1, 0.15) is 13.2 Å². The number of nitrogens with one attached hydrogen (secondary N) is 1. The zero-order valence-corrected chi connectivity index (χ0v) is 16.3. The third-order valence-corrected chi connectivity index (χ3v) is 4.51. The van der Waals surface area contributed by atoms with Crippen molar-refractivity contribution < 1.29 is 23.8 Å². The molecule has 0 spiro atoms. The Morgan fingerprint density at radius 1 is 1.15 bits per heavy atom. The lowest BCUT2D eigenvalue weighted by Gasteiger charge is -2.21. The van der Waals surface area contributed by atoms with Crippen molar-refractivity contribution in [1.82, 2.24) is 5.32 Å². The van der Waals surface area contributed by atoms with Crippen LogP contribution in [0.2, 0.25) is 0 Å². The third kappa shape index (κ3) is 4.66. The fourth-order valence-electron chi connectivity index (χ4n) is 2.53. The van der Waals surface area contributed by atoms with Gasteiger partial charge in [-0.05, 0) is 65.4 Å². The highest BCUT2D eigenvalue weighted by Crippen LogP contribution is 2.32. The van der Waals surface area contributed by atoms with Gasteiger partial charge in [-0.15, -0.1) is 0 Å². The van der Waals surface area contributed by atoms with Crippen LogP contribution in [-0.4, -0.2) is 31.7 Å². The molecule has 7 heteroatoms. The summed E-state index contributed by atoms with van der Waals surface area (Å²) in [4.78, 5) is 24.1. The summed E-state index contributed by atoms with van der Waals surface area (Å²) >= 11 is 2.11. The smallest absolute Gasteiger partial charge is 0.338 e. The lowest BCUT2D eigenvalue weighted by molar-refractivity contribution is -0.124. The van der Waals surface area contributed by atoms with Gasteiger partial charge in [-0.1, -0.05) is 12.1 Å². The number of benzene rings is 2. The molecule has 0 radical (unpaired) electrons. The molecule has 0 aliphatic carbocycles. The molecule has 0 aromatic heterocycles. The second-order valence-electron chi connectivity index (χ2n) is 5.78. The first-order chi connectivity index (χ1) is 12.5. The zero-order valence-electron chi connectivity index (χ0n) is 14.2. The summed E-state index contributed by atoms with van der Waals surface area (Å²) in [6, 6.07) is 12.3. The Hall–Kier alpha value is -2.29. The summed E-state index contributed by atoms with van der Waals surface area (Å²) < 4.78 is 17.0. The van der Waals surface area contributed by atoms with Gasteiger partial charge in [0, 0.05) is 3.57 Å². The van der Waals surface area contributed by atoms with Crippen molar-refractivity contribution >= 4 is 34.5 Å². The fourth-order valence-corrected chi connectivity index (χ4v) is 3.07. The van der Waals surface area contributed by atoms with E-state index < -0.39 is 5.97 Å². The maximum atomic E-state index is 12.1. The van der Waals surface area contributed by atoms with Crippen LogP contribution in [0.1, 0.15) is 28.9 Å². The minimum absolute atomic E-state index is 0.255. The topological polar surface area (TPSA) is 73.9 Å². The zero-order chi connectivity index (χ0) is 18.5. The van der Waals surface area contributed by atoms with Gasteiger partial charge in [0.2, 0.25) is 0 Å². The molecule has 1 amide bonds. The predicted molar refractivity (Wildman–Crippen MR) is 103 cm³/mol. The van der Waals surface area contributed by atoms with Gasteiger partial charge in [-0.2, -0.15) is 0 Å². The molecule has 6 nitrogen and oxygen atoms in total. The van der Waals surface area contributed by atoms with Crippen LogP contribution in [0.4, 0.5) is 0 Å². The first kappa shape index (κ1) is 18.5. The van der Waals surface area contributed by atoms with E-state index in [2.05, 4.69) is 27.9 Å². The van der Waals surface area contributed by atoms with Crippen LogP contribution < -0.4 is 14.8 Å². The highest BCUT2D eigenvalue weighted by Gasteiger charge is 2.17. The number of hydrogen-bond donors (Lipinski definition) is 1. The molecule has 0 saturated heterocycles. The Kier molecular flexibility index (Phi) is 5.97. The summed E-state index contributed by atoms with van der Waals surface area (Å²) in [5.41, 5.74) is 1.30. The Morgan fingerprint density at radius 2 is 1.92 bits per heavy atom. The molecule has 1 heterocycles. The number of rotatable bonds is 5. The molecule has 2 aromatic rings. The molecule has 136 valence electrons. The van der Waals surface area contributed by atoms with Crippen molar-refractivity contribution in [3.63, 3.8) is 0 Å². The van der Waals surface area contributed by atoms with Crippen molar-refractivity contribution in [3.8, 4) is 11.5 Å². The number of fused-ring (bicyclic) bond motifs is 1. The molecular weight excluding hydrogens is 449 g/mol. The van der Waals surface area contributed by atoms with E-state index in [1.54, 1.807) is 18.2 Å². The average molecular weight is 467 g/mol. The SMILES string of the molecule is CC(NC(=O)COC(=O)c1cccc(I)c1)c1ccc2c(c1)OCCO2. The van der Waals surface area contributed by atoms with Gasteiger partial charge >= 0.3 is 5.97 Å². The first-order valence-corrected chi connectivity index (χ1v) is 9.22. The Bertz CT molecular complexity index is 823. The number of hydrogen-bond acceptors (Lipinski definition) is 5. The van der Waals surface area contributed by atoms with Crippen LogP contribution in [-0.2, 0) is 9.53 Å². The highest BCUT2D eigenvalue weighted by molar-refractivity contribution is 14.1. The second-order valence-corrected chi connectivity index (χ2v) is 7.02. The Labute approximate surface area is 165 Å². The van der Waals surface area contributed by atoms with E-state index in [1.165, 1.54) is 0 Å². The molecule has 26 heavy (non-hydrogen) atoms. The molecule has 2 aromatic carbocycles. The molecule has 1 aliphatic rings. The van der Waals surface area contributed by atoms with E-state index in [-0.39, 0.29) is 18.6 Å². The summed E-state index contributed by atoms with van der Waals surface area (Å²) in [7, 11) is 0. The average Bonchev–Trinajstić information content (AvgIpc) is 2.65. The predicted octanol–water partition coefficient (Wildman–Crippen LogP) is 3.10. The number of carbonyl (C=O) groups is 2. The summed E-state index contributed by atoms with van der Waals surface area (Å²) in [6.07, 6.45) is 0. The Morgan fingerprint density at radius 3 is 2.69 bits per heavy atom. The van der Waals surface area contributed by atoms with Gasteiger partial charge in [0.15, 0.2) is 18.1 Å². The molecule has 1 unspecified atom stereocenters. The summed E-state index contributed by atoms with van der Waals surface area (Å²) in [6.45, 7) is 2.56. The van der Waals surface area contributed by atoms with E-state index >= 15 is 0 Å². The molecule has 0 fully saturated rings. The van der Waals surface area contributed by atoms with Gasteiger partial charge in [-0.25, -0.2) is 4.79 Å². The largest absolute Gasteiger partial charge is 0.486 e. The molecule has 1 atom stereocenters. The van der Waals surface area contributed by atoms with Gasteiger partial charge in [-0.3, -0.25) is 4.79 Å². The van der Waals surface area contributed by atoms with E-state index in [4.69, 9.17) is 14.2 Å². The van der Waals surface area contributed by atoms with Crippen molar-refractivity contribution in [1.29, 1.82) is 0 Å². The number of esters is 1. The molecule has 1 N–H and O–H groups in total. The number of halogens is 1. The van der Waals surface area contributed by atoms with Crippen LogP contribution in [0.15, 0.2) is 42.5 Å². The first-order valence-electron chi connectivity index (χ1n) is 8.14. The summed E-state index contributed by atoms with van der Waals surface area (Å²) in [5, 5.41) is 2.81. The van der Waals surface area contributed by atoms with Crippen LogP contribution in [0.25, 0.3) is 0 Å². The van der Waals surface area contributed by atoms with Gasteiger partial charge in [0.25, 0.3) is 5.91 Å². The van der Waals surface area contributed by atoms with E-state index in [1.807, 2.05) is 31.2 Å². The monoisotopic (exact) mass is 467 g/mol. The van der Waals surface area contributed by atoms with E-state index in [0.29, 0.717) is 30.3 Å². The quantitative estimate of drug-likeness (QED) is 0.541. The van der Waals surface area contributed by atoms with E-state index in [9.17, 15) is 9.59 Å². The third-order valence-electron chi connectivity index (χ3n) is 3.84. The number of carbonyl (C=O) groups excluding carboxylic acids is 2. The van der Waals surface area contributed by atoms with Gasteiger partial charge in [0.05, 0.1) is 11.6 Å². The minimum atomic E-state index is -0.523. The molecule has 1 aliphatic heterocycles. The van der Waals surface area contributed by atoms with Crippen molar-refractivity contribution in [2.45, 2.75) is 13.0 Å². The van der Waals surface area contributed by atoms with Crippen molar-refractivity contribution in [3.05, 3.63) is 57.2 Å². The molecule has 0 bridgehead atoms. The van der Waals surface area contributed by atoms with Crippen LogP contribution >= 0.6 is 22.6 Å². The molecular formula is C19H18INO5. The fraction of sp³-hybridized carbons (Fsp3) is 0.263. The second kappa shape index (κ2) is 8.39. The number of amides is 1. The van der Waals surface area contributed by atoms with Crippen LogP contribution in [0.5, 0.6) is 11.5 Å². The van der Waals surface area contributed by atoms with Gasteiger partial charge < -0.3 is 19.5 Å². The molecule has 3 rings (SSSR count). The number of ether oxygens (including phenoxy) is 3. The maximum Gasteiger partial charge on any atom is 0.338 e. The normalized spacial score (nSPS) is 13.6. The van der Waals surface area contributed by atoms with Crippen molar-refractivity contribution in [2.75, 3.05) is 19.8 Å². The lowest BCUT2D eigenvalue weighted by Crippen LogP contribution is -2.31. The van der Waals surface area contributed by atoms with Crippen molar-refractivity contribution in [2.24, 2.45) is 0 Å². The standard InChI is InChI=1S/C19H18INO5/c1-12(13-5-6-16-17(10-13)25-8-7-24-16)21-18(22)11-26-19(23)14-3-2-4-15(20)9-14/h2-6,9-10,12H,7-8,11H2,1H3,(H,21,22).